The highest BCUT2D eigenvalue weighted by Crippen LogP contribution is 2.21. The third-order valence-electron chi connectivity index (χ3n) is 6.61. The van der Waals surface area contributed by atoms with Crippen LogP contribution >= 0.6 is 0 Å². The van der Waals surface area contributed by atoms with E-state index in [1.54, 1.807) is 11.8 Å². The summed E-state index contributed by atoms with van der Waals surface area (Å²) in [6.45, 7) is 9.26. The van der Waals surface area contributed by atoms with Gasteiger partial charge in [-0.05, 0) is 50.3 Å². The van der Waals surface area contributed by atoms with Crippen LogP contribution in [0.25, 0.3) is 0 Å². The standard InChI is InChI=1S/C29H35N3O4/c1-4-35-29(34)24-11-8-14-32(18-24)28(33)26-20-36-27(30-26)19-31(16-23-9-6-5-7-10-23)17-25-15-21(2)12-13-22(25)3/h5-7,9-10,12-13,15,20,24H,4,8,11,14,16-19H2,1-3H3. The van der Waals surface area contributed by atoms with Gasteiger partial charge in [0.25, 0.3) is 5.91 Å². The maximum absolute atomic E-state index is 13.1. The summed E-state index contributed by atoms with van der Waals surface area (Å²) in [5.41, 5.74) is 5.20. The van der Waals surface area contributed by atoms with Gasteiger partial charge in [0.15, 0.2) is 5.69 Å². The van der Waals surface area contributed by atoms with Crippen molar-refractivity contribution in [2.24, 2.45) is 5.92 Å². The Morgan fingerprint density at radius 3 is 2.69 bits per heavy atom. The molecule has 0 N–H and O–H groups in total. The summed E-state index contributed by atoms with van der Waals surface area (Å²) in [5, 5.41) is 0. The average Bonchev–Trinajstić information content (AvgIpc) is 3.35. The van der Waals surface area contributed by atoms with Gasteiger partial charge in [-0.3, -0.25) is 14.5 Å². The molecule has 0 saturated carbocycles. The first-order chi connectivity index (χ1) is 17.4. The Kier molecular flexibility index (Phi) is 8.54. The fourth-order valence-electron chi connectivity index (χ4n) is 4.67. The zero-order valence-corrected chi connectivity index (χ0v) is 21.4. The minimum atomic E-state index is -0.284. The zero-order chi connectivity index (χ0) is 25.5. The molecular weight excluding hydrogens is 454 g/mol. The van der Waals surface area contributed by atoms with Crippen LogP contribution in [-0.4, -0.2) is 46.4 Å². The number of esters is 1. The molecule has 1 fully saturated rings. The number of piperidine rings is 1. The number of nitrogens with zero attached hydrogens (tertiary/aromatic N) is 3. The van der Waals surface area contributed by atoms with Crippen molar-refractivity contribution in [1.29, 1.82) is 0 Å². The molecule has 3 aromatic rings. The molecule has 4 rings (SSSR count). The lowest BCUT2D eigenvalue weighted by molar-refractivity contribution is -0.149. The molecule has 36 heavy (non-hydrogen) atoms. The minimum absolute atomic E-state index is 0.205. The maximum Gasteiger partial charge on any atom is 0.310 e. The van der Waals surface area contributed by atoms with Gasteiger partial charge >= 0.3 is 5.97 Å². The fraction of sp³-hybridized carbons (Fsp3) is 0.414. The lowest BCUT2D eigenvalue weighted by Gasteiger charge is -2.30. The van der Waals surface area contributed by atoms with E-state index in [4.69, 9.17) is 9.15 Å². The van der Waals surface area contributed by atoms with E-state index in [9.17, 15) is 9.59 Å². The van der Waals surface area contributed by atoms with Gasteiger partial charge in [0, 0.05) is 26.2 Å². The smallest absolute Gasteiger partial charge is 0.310 e. The van der Waals surface area contributed by atoms with Crippen LogP contribution in [-0.2, 0) is 29.2 Å². The van der Waals surface area contributed by atoms with Crippen LogP contribution in [0.1, 0.15) is 58.4 Å². The van der Waals surface area contributed by atoms with Gasteiger partial charge in [-0.25, -0.2) is 4.98 Å². The van der Waals surface area contributed by atoms with Crippen LogP contribution in [0.5, 0.6) is 0 Å². The van der Waals surface area contributed by atoms with Gasteiger partial charge in [0.2, 0.25) is 5.89 Å². The number of oxazole rings is 1. The zero-order valence-electron chi connectivity index (χ0n) is 21.4. The highest BCUT2D eigenvalue weighted by molar-refractivity contribution is 5.92. The number of hydrogen-bond acceptors (Lipinski definition) is 6. The van der Waals surface area contributed by atoms with Gasteiger partial charge < -0.3 is 14.1 Å². The summed E-state index contributed by atoms with van der Waals surface area (Å²) < 4.78 is 10.9. The molecule has 1 unspecified atom stereocenters. The summed E-state index contributed by atoms with van der Waals surface area (Å²) in [4.78, 5) is 33.8. The van der Waals surface area contributed by atoms with Crippen molar-refractivity contribution in [1.82, 2.24) is 14.8 Å². The van der Waals surface area contributed by atoms with Crippen LogP contribution in [0.15, 0.2) is 59.2 Å². The first kappa shape index (κ1) is 25.6. The Morgan fingerprint density at radius 1 is 1.11 bits per heavy atom. The van der Waals surface area contributed by atoms with E-state index in [1.165, 1.54) is 28.5 Å². The van der Waals surface area contributed by atoms with Gasteiger partial charge in [-0.2, -0.15) is 0 Å². The topological polar surface area (TPSA) is 75.9 Å². The number of aromatic nitrogens is 1. The molecule has 2 heterocycles. The van der Waals surface area contributed by atoms with Crippen molar-refractivity contribution in [2.45, 2.75) is 53.2 Å². The number of carbonyl (C=O) groups is 2. The second kappa shape index (κ2) is 12.0. The molecule has 0 aliphatic carbocycles. The van der Waals surface area contributed by atoms with E-state index < -0.39 is 0 Å². The number of carbonyl (C=O) groups excluding carboxylic acids is 2. The first-order valence-electron chi connectivity index (χ1n) is 12.7. The number of ether oxygens (including phenoxy) is 1. The van der Waals surface area contributed by atoms with Crippen LogP contribution in [0.2, 0.25) is 0 Å². The van der Waals surface area contributed by atoms with E-state index >= 15 is 0 Å². The molecule has 1 aromatic heterocycles. The third-order valence-corrected chi connectivity index (χ3v) is 6.61. The summed E-state index contributed by atoms with van der Waals surface area (Å²) >= 11 is 0. The number of amides is 1. The normalized spacial score (nSPS) is 15.8. The van der Waals surface area contributed by atoms with Gasteiger partial charge in [-0.1, -0.05) is 54.1 Å². The SMILES string of the molecule is CCOC(=O)C1CCCN(C(=O)c2coc(CN(Cc3ccccc3)Cc3cc(C)ccc3C)n2)C1. The van der Waals surface area contributed by atoms with E-state index in [-0.39, 0.29) is 23.5 Å². The minimum Gasteiger partial charge on any atom is -0.466 e. The van der Waals surface area contributed by atoms with Crippen LogP contribution in [0, 0.1) is 19.8 Å². The van der Waals surface area contributed by atoms with E-state index in [2.05, 4.69) is 54.1 Å². The monoisotopic (exact) mass is 489 g/mol. The number of rotatable bonds is 9. The van der Waals surface area contributed by atoms with Gasteiger partial charge in [0.05, 0.1) is 19.1 Å². The van der Waals surface area contributed by atoms with Crippen molar-refractivity contribution in [2.75, 3.05) is 19.7 Å². The van der Waals surface area contributed by atoms with Crippen LogP contribution < -0.4 is 0 Å². The molecule has 1 aliphatic heterocycles. The predicted molar refractivity (Wildman–Crippen MR) is 137 cm³/mol. The third kappa shape index (κ3) is 6.61. The number of aryl methyl sites for hydroxylation is 2. The van der Waals surface area contributed by atoms with E-state index in [1.807, 2.05) is 18.2 Å². The molecule has 190 valence electrons. The highest BCUT2D eigenvalue weighted by atomic mass is 16.5. The molecule has 1 aliphatic rings. The van der Waals surface area contributed by atoms with Crippen molar-refractivity contribution in [3.8, 4) is 0 Å². The number of likely N-dealkylation sites (tertiary alicyclic amines) is 1. The highest BCUT2D eigenvalue weighted by Gasteiger charge is 2.31. The Balaban J connectivity index is 1.47. The Labute approximate surface area is 213 Å². The summed E-state index contributed by atoms with van der Waals surface area (Å²) in [5.74, 6) is -0.228. The molecule has 0 spiro atoms. The van der Waals surface area contributed by atoms with Crippen molar-refractivity contribution >= 4 is 11.9 Å². The molecule has 1 amide bonds. The molecular formula is C29H35N3O4. The number of hydrogen-bond donors (Lipinski definition) is 0. The van der Waals surface area contributed by atoms with Crippen molar-refractivity contribution < 1.29 is 18.7 Å². The maximum atomic E-state index is 13.1. The summed E-state index contributed by atoms with van der Waals surface area (Å²) in [7, 11) is 0. The van der Waals surface area contributed by atoms with Crippen molar-refractivity contribution in [3.05, 3.63) is 88.6 Å². The van der Waals surface area contributed by atoms with Crippen LogP contribution in [0.3, 0.4) is 0 Å². The van der Waals surface area contributed by atoms with Gasteiger partial charge in [0.1, 0.15) is 6.26 Å². The molecule has 0 bridgehead atoms. The Hall–Kier alpha value is -3.45. The first-order valence-corrected chi connectivity index (χ1v) is 12.7. The lowest BCUT2D eigenvalue weighted by atomic mass is 9.98. The summed E-state index contributed by atoms with van der Waals surface area (Å²) in [6.07, 6.45) is 2.93. The van der Waals surface area contributed by atoms with Gasteiger partial charge in [-0.15, -0.1) is 0 Å². The second-order valence-electron chi connectivity index (χ2n) is 9.53. The van der Waals surface area contributed by atoms with Crippen LogP contribution in [0.4, 0.5) is 0 Å². The molecule has 1 saturated heterocycles. The lowest BCUT2D eigenvalue weighted by Crippen LogP contribution is -2.43. The molecule has 0 radical (unpaired) electrons. The second-order valence-corrected chi connectivity index (χ2v) is 9.53. The average molecular weight is 490 g/mol. The fourth-order valence-corrected chi connectivity index (χ4v) is 4.67. The predicted octanol–water partition coefficient (Wildman–Crippen LogP) is 4.91. The molecule has 7 heteroatoms. The van der Waals surface area contributed by atoms with Crippen molar-refractivity contribution in [3.63, 3.8) is 0 Å². The Bertz CT molecular complexity index is 1170. The summed E-state index contributed by atoms with van der Waals surface area (Å²) in [6, 6.07) is 16.8. The molecule has 7 nitrogen and oxygen atoms in total. The molecule has 1 atom stereocenters. The van der Waals surface area contributed by atoms with E-state index in [0.717, 1.165) is 25.9 Å². The Morgan fingerprint density at radius 2 is 1.92 bits per heavy atom. The largest absolute Gasteiger partial charge is 0.466 e. The quantitative estimate of drug-likeness (QED) is 0.398. The van der Waals surface area contributed by atoms with E-state index in [0.29, 0.717) is 32.1 Å². The number of benzene rings is 2. The molecule has 2 aromatic carbocycles.